The number of aromatic nitrogens is 1. The van der Waals surface area contributed by atoms with E-state index in [1.165, 1.54) is 5.56 Å². The molecule has 2 nitrogen and oxygen atoms in total. The number of aryl methyl sites for hydroxylation is 1. The van der Waals surface area contributed by atoms with Gasteiger partial charge in [0.15, 0.2) is 0 Å². The fourth-order valence-corrected chi connectivity index (χ4v) is 1.74. The van der Waals surface area contributed by atoms with E-state index >= 15 is 0 Å². The summed E-state index contributed by atoms with van der Waals surface area (Å²) in [6.07, 6.45) is 2.07. The molecule has 0 amide bonds. The quantitative estimate of drug-likeness (QED) is 0.829. The topological polar surface area (TPSA) is 30.9 Å². The monoisotopic (exact) mass is 220 g/mol. The van der Waals surface area contributed by atoms with Crippen molar-refractivity contribution in [3.8, 4) is 11.1 Å². The number of nitrogens with two attached hydrogens (primary N) is 1. The summed E-state index contributed by atoms with van der Waals surface area (Å²) in [5.74, 6) is 0. The van der Waals surface area contributed by atoms with Crippen molar-refractivity contribution >= 4 is 11.6 Å². The highest BCUT2D eigenvalue weighted by molar-refractivity contribution is 6.30. The predicted octanol–water partition coefficient (Wildman–Crippen LogP) is 2.80. The van der Waals surface area contributed by atoms with E-state index in [-0.39, 0.29) is 0 Å². The van der Waals surface area contributed by atoms with Gasteiger partial charge in [0, 0.05) is 30.5 Å². The summed E-state index contributed by atoms with van der Waals surface area (Å²) in [6, 6.07) is 9.91. The first-order chi connectivity index (χ1) is 7.20. The third kappa shape index (κ3) is 2.06. The van der Waals surface area contributed by atoms with E-state index in [0.29, 0.717) is 6.54 Å². The summed E-state index contributed by atoms with van der Waals surface area (Å²) in [7, 11) is 2.00. The maximum atomic E-state index is 5.84. The van der Waals surface area contributed by atoms with Crippen LogP contribution in [0.5, 0.6) is 0 Å². The van der Waals surface area contributed by atoms with Crippen LogP contribution in [0.1, 0.15) is 5.69 Å². The lowest BCUT2D eigenvalue weighted by Gasteiger charge is -1.96. The lowest BCUT2D eigenvalue weighted by Crippen LogP contribution is -2.01. The van der Waals surface area contributed by atoms with Crippen LogP contribution in [-0.4, -0.2) is 4.57 Å². The van der Waals surface area contributed by atoms with Crippen molar-refractivity contribution in [2.75, 3.05) is 0 Å². The number of hydrogen-bond donors (Lipinski definition) is 1. The molecule has 0 bridgehead atoms. The molecule has 0 spiro atoms. The second-order valence-electron chi connectivity index (χ2n) is 3.54. The highest BCUT2D eigenvalue weighted by atomic mass is 35.5. The maximum absolute atomic E-state index is 5.84. The Labute approximate surface area is 94.3 Å². The Hall–Kier alpha value is -1.25. The normalized spacial score (nSPS) is 10.6. The summed E-state index contributed by atoms with van der Waals surface area (Å²) >= 11 is 5.84. The molecule has 78 valence electrons. The zero-order valence-corrected chi connectivity index (χ0v) is 9.33. The zero-order chi connectivity index (χ0) is 10.8. The molecule has 0 saturated carbocycles. The Bertz CT molecular complexity index is 457. The minimum absolute atomic E-state index is 0.560. The molecule has 1 aromatic heterocycles. The molecule has 0 fully saturated rings. The van der Waals surface area contributed by atoms with Crippen molar-refractivity contribution in [1.29, 1.82) is 0 Å². The molecule has 0 aliphatic rings. The second-order valence-corrected chi connectivity index (χ2v) is 3.98. The highest BCUT2D eigenvalue weighted by Gasteiger charge is 2.03. The van der Waals surface area contributed by atoms with Crippen LogP contribution < -0.4 is 5.73 Å². The molecule has 0 saturated heterocycles. The summed E-state index contributed by atoms with van der Waals surface area (Å²) in [4.78, 5) is 0. The lowest BCUT2D eigenvalue weighted by atomic mass is 10.1. The molecule has 2 aromatic rings. The molecular formula is C12H13ClN2. The van der Waals surface area contributed by atoms with Crippen LogP contribution in [0, 0.1) is 0 Å². The van der Waals surface area contributed by atoms with Gasteiger partial charge < -0.3 is 10.3 Å². The average Bonchev–Trinajstić information content (AvgIpc) is 2.61. The Morgan fingerprint density at radius 1 is 1.20 bits per heavy atom. The lowest BCUT2D eigenvalue weighted by molar-refractivity contribution is 0.824. The number of rotatable bonds is 2. The fourth-order valence-electron chi connectivity index (χ4n) is 1.61. The number of halogens is 1. The van der Waals surface area contributed by atoms with Crippen LogP contribution in [0.25, 0.3) is 11.1 Å². The van der Waals surface area contributed by atoms with Gasteiger partial charge in [-0.05, 0) is 29.3 Å². The second kappa shape index (κ2) is 4.09. The first-order valence-corrected chi connectivity index (χ1v) is 5.20. The van der Waals surface area contributed by atoms with Crippen molar-refractivity contribution < 1.29 is 0 Å². The van der Waals surface area contributed by atoms with E-state index in [1.807, 2.05) is 35.9 Å². The molecule has 0 radical (unpaired) electrons. The minimum atomic E-state index is 0.560. The SMILES string of the molecule is Cn1cc(-c2ccc(Cl)cc2)cc1CN. The van der Waals surface area contributed by atoms with Gasteiger partial charge in [0.05, 0.1) is 0 Å². The zero-order valence-electron chi connectivity index (χ0n) is 8.57. The van der Waals surface area contributed by atoms with Crippen molar-refractivity contribution in [3.05, 3.63) is 47.2 Å². The summed E-state index contributed by atoms with van der Waals surface area (Å²) in [6.45, 7) is 0.560. The maximum Gasteiger partial charge on any atom is 0.0406 e. The van der Waals surface area contributed by atoms with Crippen LogP contribution in [-0.2, 0) is 13.6 Å². The average molecular weight is 221 g/mol. The van der Waals surface area contributed by atoms with Crippen LogP contribution in [0.3, 0.4) is 0 Å². The van der Waals surface area contributed by atoms with Gasteiger partial charge >= 0.3 is 0 Å². The van der Waals surface area contributed by atoms with Gasteiger partial charge in [-0.1, -0.05) is 23.7 Å². The van der Waals surface area contributed by atoms with E-state index in [0.717, 1.165) is 16.3 Å². The minimum Gasteiger partial charge on any atom is -0.353 e. The van der Waals surface area contributed by atoms with Gasteiger partial charge in [-0.25, -0.2) is 0 Å². The number of nitrogens with zero attached hydrogens (tertiary/aromatic N) is 1. The first kappa shape index (κ1) is 10.3. The van der Waals surface area contributed by atoms with Gasteiger partial charge in [-0.3, -0.25) is 0 Å². The summed E-state index contributed by atoms with van der Waals surface area (Å²) < 4.78 is 2.05. The molecule has 3 heteroatoms. The number of benzene rings is 1. The van der Waals surface area contributed by atoms with E-state index < -0.39 is 0 Å². The molecule has 15 heavy (non-hydrogen) atoms. The van der Waals surface area contributed by atoms with Crippen LogP contribution in [0.2, 0.25) is 5.02 Å². The Balaban J connectivity index is 2.41. The van der Waals surface area contributed by atoms with Crippen molar-refractivity contribution in [2.24, 2.45) is 12.8 Å². The van der Waals surface area contributed by atoms with Crippen molar-refractivity contribution in [2.45, 2.75) is 6.54 Å². The standard InChI is InChI=1S/C12H13ClN2/c1-15-8-10(6-12(15)7-14)9-2-4-11(13)5-3-9/h2-6,8H,7,14H2,1H3. The molecule has 1 aromatic carbocycles. The molecule has 1 heterocycles. The van der Waals surface area contributed by atoms with Gasteiger partial charge in [0.25, 0.3) is 0 Å². The largest absolute Gasteiger partial charge is 0.353 e. The molecule has 0 unspecified atom stereocenters. The molecule has 0 aliphatic heterocycles. The Morgan fingerprint density at radius 3 is 2.40 bits per heavy atom. The van der Waals surface area contributed by atoms with Crippen molar-refractivity contribution in [3.63, 3.8) is 0 Å². The molecule has 2 rings (SSSR count). The third-order valence-corrected chi connectivity index (χ3v) is 2.75. The molecule has 2 N–H and O–H groups in total. The van der Waals surface area contributed by atoms with Gasteiger partial charge in [-0.15, -0.1) is 0 Å². The molecule has 0 atom stereocenters. The van der Waals surface area contributed by atoms with Gasteiger partial charge in [0.2, 0.25) is 0 Å². The van der Waals surface area contributed by atoms with Crippen LogP contribution >= 0.6 is 11.6 Å². The van der Waals surface area contributed by atoms with Gasteiger partial charge in [-0.2, -0.15) is 0 Å². The van der Waals surface area contributed by atoms with E-state index in [9.17, 15) is 0 Å². The summed E-state index contributed by atoms with van der Waals surface area (Å²) in [5.41, 5.74) is 9.09. The van der Waals surface area contributed by atoms with Gasteiger partial charge in [0.1, 0.15) is 0 Å². The predicted molar refractivity (Wildman–Crippen MR) is 63.8 cm³/mol. The third-order valence-electron chi connectivity index (χ3n) is 2.49. The van der Waals surface area contributed by atoms with Crippen LogP contribution in [0.15, 0.2) is 36.5 Å². The van der Waals surface area contributed by atoms with E-state index in [4.69, 9.17) is 17.3 Å². The Morgan fingerprint density at radius 2 is 1.87 bits per heavy atom. The smallest absolute Gasteiger partial charge is 0.0406 e. The molecular weight excluding hydrogens is 208 g/mol. The van der Waals surface area contributed by atoms with Crippen molar-refractivity contribution in [1.82, 2.24) is 4.57 Å². The van der Waals surface area contributed by atoms with E-state index in [1.54, 1.807) is 0 Å². The number of hydrogen-bond acceptors (Lipinski definition) is 1. The van der Waals surface area contributed by atoms with E-state index in [2.05, 4.69) is 12.3 Å². The Kier molecular flexibility index (Phi) is 2.80. The first-order valence-electron chi connectivity index (χ1n) is 4.82. The molecule has 0 aliphatic carbocycles. The highest BCUT2D eigenvalue weighted by Crippen LogP contribution is 2.23. The summed E-state index contributed by atoms with van der Waals surface area (Å²) in [5, 5.41) is 0.758. The fraction of sp³-hybridized carbons (Fsp3) is 0.167. The van der Waals surface area contributed by atoms with Crippen LogP contribution in [0.4, 0.5) is 0 Å².